The van der Waals surface area contributed by atoms with Gasteiger partial charge in [0.15, 0.2) is 5.58 Å². The summed E-state index contributed by atoms with van der Waals surface area (Å²) in [7, 11) is 1.95. The second-order valence-electron chi connectivity index (χ2n) is 4.77. The number of nitrogens with one attached hydrogen (secondary N) is 1. The minimum atomic E-state index is 0.220. The van der Waals surface area contributed by atoms with Gasteiger partial charge in [-0.25, -0.2) is 0 Å². The molecule has 1 heterocycles. The van der Waals surface area contributed by atoms with Crippen LogP contribution in [0.3, 0.4) is 0 Å². The van der Waals surface area contributed by atoms with E-state index in [1.165, 1.54) is 5.56 Å². The number of benzene rings is 1. The first-order chi connectivity index (χ1) is 8.04. The van der Waals surface area contributed by atoms with Gasteiger partial charge in [-0.1, -0.05) is 31.5 Å². The molecule has 1 aromatic heterocycles. The molecule has 0 aliphatic rings. The van der Waals surface area contributed by atoms with Crippen LogP contribution in [0.25, 0.3) is 11.0 Å². The highest BCUT2D eigenvalue weighted by molar-refractivity contribution is 6.34. The lowest BCUT2D eigenvalue weighted by atomic mass is 10.0. The highest BCUT2D eigenvalue weighted by Crippen LogP contribution is 2.33. The van der Waals surface area contributed by atoms with E-state index in [2.05, 4.69) is 32.2 Å². The number of hydrogen-bond donors (Lipinski definition) is 1. The average Bonchev–Trinajstić information content (AvgIpc) is 2.70. The van der Waals surface area contributed by atoms with Gasteiger partial charge < -0.3 is 9.73 Å². The third-order valence-corrected chi connectivity index (χ3v) is 3.45. The number of furan rings is 1. The van der Waals surface area contributed by atoms with E-state index in [0.717, 1.165) is 16.7 Å². The number of halogens is 1. The van der Waals surface area contributed by atoms with Gasteiger partial charge in [-0.15, -0.1) is 0 Å². The molecule has 0 saturated carbocycles. The molecule has 1 atom stereocenters. The summed E-state index contributed by atoms with van der Waals surface area (Å²) in [5.74, 6) is 1.42. The number of aryl methyl sites for hydroxylation is 1. The summed E-state index contributed by atoms with van der Waals surface area (Å²) in [5.41, 5.74) is 1.99. The summed E-state index contributed by atoms with van der Waals surface area (Å²) in [6.07, 6.45) is 0. The van der Waals surface area contributed by atoms with Crippen LogP contribution in [0.5, 0.6) is 0 Å². The summed E-state index contributed by atoms with van der Waals surface area (Å²) >= 11 is 6.16. The summed E-state index contributed by atoms with van der Waals surface area (Å²) in [6, 6.07) is 6.22. The van der Waals surface area contributed by atoms with Crippen molar-refractivity contribution in [3.63, 3.8) is 0 Å². The Morgan fingerprint density at radius 2 is 2.00 bits per heavy atom. The van der Waals surface area contributed by atoms with E-state index >= 15 is 0 Å². The molecule has 3 heteroatoms. The van der Waals surface area contributed by atoms with Crippen molar-refractivity contribution in [2.45, 2.75) is 26.8 Å². The Kier molecular flexibility index (Phi) is 3.45. The topological polar surface area (TPSA) is 25.2 Å². The van der Waals surface area contributed by atoms with Crippen molar-refractivity contribution in [3.8, 4) is 0 Å². The zero-order chi connectivity index (χ0) is 12.6. The van der Waals surface area contributed by atoms with Crippen LogP contribution >= 0.6 is 11.6 Å². The van der Waals surface area contributed by atoms with Crippen molar-refractivity contribution in [1.29, 1.82) is 0 Å². The smallest absolute Gasteiger partial charge is 0.153 e. The maximum Gasteiger partial charge on any atom is 0.153 e. The second-order valence-corrected chi connectivity index (χ2v) is 5.17. The Balaban J connectivity index is 2.58. The normalized spacial score (nSPS) is 13.5. The maximum atomic E-state index is 6.16. The summed E-state index contributed by atoms with van der Waals surface area (Å²) < 4.78 is 5.90. The average molecular weight is 252 g/mol. The molecule has 1 unspecified atom stereocenters. The Morgan fingerprint density at radius 3 is 2.53 bits per heavy atom. The lowest BCUT2D eigenvalue weighted by Gasteiger charge is -2.17. The zero-order valence-corrected chi connectivity index (χ0v) is 11.4. The summed E-state index contributed by atoms with van der Waals surface area (Å²) in [6.45, 7) is 6.41. The van der Waals surface area contributed by atoms with E-state index in [-0.39, 0.29) is 6.04 Å². The number of fused-ring (bicyclic) bond motifs is 1. The molecule has 0 aliphatic carbocycles. The van der Waals surface area contributed by atoms with Crippen LogP contribution < -0.4 is 5.32 Å². The monoisotopic (exact) mass is 251 g/mol. The van der Waals surface area contributed by atoms with Crippen molar-refractivity contribution in [2.75, 3.05) is 7.05 Å². The van der Waals surface area contributed by atoms with E-state index in [0.29, 0.717) is 10.9 Å². The van der Waals surface area contributed by atoms with Gasteiger partial charge in [0, 0.05) is 5.39 Å². The van der Waals surface area contributed by atoms with E-state index in [1.807, 2.05) is 19.2 Å². The molecule has 2 nitrogen and oxygen atoms in total. The molecular formula is C14H18ClNO. The van der Waals surface area contributed by atoms with Crippen LogP contribution in [-0.4, -0.2) is 7.05 Å². The number of hydrogen-bond acceptors (Lipinski definition) is 2. The van der Waals surface area contributed by atoms with Crippen LogP contribution in [0.2, 0.25) is 5.02 Å². The van der Waals surface area contributed by atoms with Gasteiger partial charge in [-0.2, -0.15) is 0 Å². The van der Waals surface area contributed by atoms with E-state index in [9.17, 15) is 0 Å². The lowest BCUT2D eigenvalue weighted by Crippen LogP contribution is -2.20. The standard InChI is InChI=1S/C14H18ClNO/c1-8(2)13(16-4)12-7-10-9(3)5-6-11(15)14(10)17-12/h5-8,13,16H,1-4H3. The molecule has 0 bridgehead atoms. The summed E-state index contributed by atoms with van der Waals surface area (Å²) in [5, 5.41) is 5.06. The Hall–Kier alpha value is -0.990. The van der Waals surface area contributed by atoms with E-state index in [1.54, 1.807) is 0 Å². The molecule has 0 radical (unpaired) electrons. The van der Waals surface area contributed by atoms with Crippen LogP contribution in [0.1, 0.15) is 31.2 Å². The zero-order valence-electron chi connectivity index (χ0n) is 10.7. The van der Waals surface area contributed by atoms with Crippen LogP contribution in [0.4, 0.5) is 0 Å². The fraction of sp³-hybridized carbons (Fsp3) is 0.429. The van der Waals surface area contributed by atoms with Crippen molar-refractivity contribution in [2.24, 2.45) is 5.92 Å². The predicted octanol–water partition coefficient (Wildman–Crippen LogP) is 4.31. The molecular weight excluding hydrogens is 234 g/mol. The van der Waals surface area contributed by atoms with E-state index < -0.39 is 0 Å². The van der Waals surface area contributed by atoms with Gasteiger partial charge in [0.25, 0.3) is 0 Å². The molecule has 1 aromatic carbocycles. The lowest BCUT2D eigenvalue weighted by molar-refractivity contribution is 0.371. The molecule has 92 valence electrons. The van der Waals surface area contributed by atoms with Crippen LogP contribution in [0, 0.1) is 12.8 Å². The Bertz CT molecular complexity index is 491. The van der Waals surface area contributed by atoms with Gasteiger partial charge in [-0.05, 0) is 37.6 Å². The van der Waals surface area contributed by atoms with Crippen molar-refractivity contribution in [3.05, 3.63) is 34.5 Å². The largest absolute Gasteiger partial charge is 0.458 e. The molecule has 0 fully saturated rings. The Labute approximate surface area is 107 Å². The molecule has 0 spiro atoms. The van der Waals surface area contributed by atoms with Crippen molar-refractivity contribution < 1.29 is 4.42 Å². The number of rotatable bonds is 3. The molecule has 0 amide bonds. The predicted molar refractivity (Wildman–Crippen MR) is 72.6 cm³/mol. The first-order valence-corrected chi connectivity index (χ1v) is 6.28. The van der Waals surface area contributed by atoms with Crippen LogP contribution in [-0.2, 0) is 0 Å². The third kappa shape index (κ3) is 2.20. The molecule has 2 aromatic rings. The van der Waals surface area contributed by atoms with Gasteiger partial charge >= 0.3 is 0 Å². The van der Waals surface area contributed by atoms with Crippen molar-refractivity contribution in [1.82, 2.24) is 5.32 Å². The fourth-order valence-electron chi connectivity index (χ4n) is 2.20. The fourth-order valence-corrected chi connectivity index (χ4v) is 2.40. The highest BCUT2D eigenvalue weighted by Gasteiger charge is 2.19. The van der Waals surface area contributed by atoms with Crippen LogP contribution in [0.15, 0.2) is 22.6 Å². The summed E-state index contributed by atoms with van der Waals surface area (Å²) in [4.78, 5) is 0. The molecule has 2 rings (SSSR count). The van der Waals surface area contributed by atoms with Gasteiger partial charge in [0.2, 0.25) is 0 Å². The van der Waals surface area contributed by atoms with E-state index in [4.69, 9.17) is 16.0 Å². The molecule has 1 N–H and O–H groups in total. The maximum absolute atomic E-state index is 6.16. The Morgan fingerprint density at radius 1 is 1.29 bits per heavy atom. The first kappa shape index (κ1) is 12.5. The minimum absolute atomic E-state index is 0.220. The SMILES string of the molecule is CNC(c1cc2c(C)ccc(Cl)c2o1)C(C)C. The van der Waals surface area contributed by atoms with Gasteiger partial charge in [-0.3, -0.25) is 0 Å². The third-order valence-electron chi connectivity index (χ3n) is 3.16. The van der Waals surface area contributed by atoms with Gasteiger partial charge in [0.1, 0.15) is 5.76 Å². The van der Waals surface area contributed by atoms with Crippen molar-refractivity contribution >= 4 is 22.6 Å². The molecule has 0 saturated heterocycles. The first-order valence-electron chi connectivity index (χ1n) is 5.90. The van der Waals surface area contributed by atoms with Gasteiger partial charge in [0.05, 0.1) is 11.1 Å². The second kappa shape index (κ2) is 4.71. The molecule has 17 heavy (non-hydrogen) atoms. The molecule has 0 aliphatic heterocycles. The minimum Gasteiger partial charge on any atom is -0.458 e. The highest BCUT2D eigenvalue weighted by atomic mass is 35.5. The quantitative estimate of drug-likeness (QED) is 0.879.